The van der Waals surface area contributed by atoms with Crippen LogP contribution in [0.1, 0.15) is 34.5 Å². The second kappa shape index (κ2) is 9.22. The maximum absolute atomic E-state index is 13.3. The van der Waals surface area contributed by atoms with E-state index in [2.05, 4.69) is 15.0 Å². The van der Waals surface area contributed by atoms with Crippen molar-refractivity contribution in [3.8, 4) is 10.4 Å². The van der Waals surface area contributed by atoms with Gasteiger partial charge in [-0.15, -0.1) is 0 Å². The Morgan fingerprint density at radius 1 is 1.03 bits per heavy atom. The first-order valence-electron chi connectivity index (χ1n) is 10.2. The number of rotatable bonds is 8. The van der Waals surface area contributed by atoms with Crippen molar-refractivity contribution in [3.63, 3.8) is 0 Å². The third-order valence-electron chi connectivity index (χ3n) is 5.17. The zero-order valence-electron chi connectivity index (χ0n) is 17.1. The highest BCUT2D eigenvalue weighted by Gasteiger charge is 2.32. The van der Waals surface area contributed by atoms with Gasteiger partial charge in [-0.3, -0.25) is 14.4 Å². The minimum atomic E-state index is -0.962. The Labute approximate surface area is 184 Å². The molecule has 0 aliphatic heterocycles. The molecule has 1 atom stereocenters. The number of aromatic nitrogens is 1. The molecule has 3 aromatic rings. The molecule has 2 aromatic carbocycles. The second-order valence-corrected chi connectivity index (χ2v) is 8.44. The van der Waals surface area contributed by atoms with Gasteiger partial charge < -0.3 is 10.6 Å². The van der Waals surface area contributed by atoms with Gasteiger partial charge in [-0.2, -0.15) is 4.37 Å². The number of nitrogens with one attached hydrogen (secondary N) is 2. The average Bonchev–Trinajstić information content (AvgIpc) is 3.52. The van der Waals surface area contributed by atoms with E-state index in [1.54, 1.807) is 6.92 Å². The minimum Gasteiger partial charge on any atom is -0.347 e. The van der Waals surface area contributed by atoms with Crippen molar-refractivity contribution < 1.29 is 14.4 Å². The molecule has 2 N–H and O–H groups in total. The number of carbonyl (C=O) groups excluding carboxylic acids is 3. The number of aryl methyl sites for hydroxylation is 1. The number of ketones is 1. The van der Waals surface area contributed by atoms with Crippen molar-refractivity contribution in [2.45, 2.75) is 38.3 Å². The van der Waals surface area contributed by atoms with Crippen molar-refractivity contribution >= 4 is 29.1 Å². The summed E-state index contributed by atoms with van der Waals surface area (Å²) in [5, 5.41) is 5.54. The Kier molecular flexibility index (Phi) is 6.23. The van der Waals surface area contributed by atoms with Crippen LogP contribution >= 0.6 is 11.5 Å². The molecule has 0 unspecified atom stereocenters. The summed E-state index contributed by atoms with van der Waals surface area (Å²) < 4.78 is 4.35. The van der Waals surface area contributed by atoms with E-state index in [1.165, 1.54) is 11.5 Å². The largest absolute Gasteiger partial charge is 0.347 e. The van der Waals surface area contributed by atoms with Crippen molar-refractivity contribution in [3.05, 3.63) is 77.5 Å². The highest BCUT2D eigenvalue weighted by molar-refractivity contribution is 7.10. The Hall–Kier alpha value is -3.32. The lowest BCUT2D eigenvalue weighted by Crippen LogP contribution is -2.49. The standard InChI is InChI=1S/C24H23N3O3S/c1-15-20(22(31-27-15)17-10-6-3-7-11-17)23(29)26-19(14-16-8-4-2-5-9-16)21(28)24(30)25-18-12-13-18/h2-11,18-19H,12-14H2,1H3,(H,25,30)(H,26,29)/t19-/m0/s1. The molecule has 1 fully saturated rings. The fraction of sp³-hybridized carbons (Fsp3) is 0.250. The second-order valence-electron chi connectivity index (χ2n) is 7.67. The smallest absolute Gasteiger partial charge is 0.289 e. The quantitative estimate of drug-likeness (QED) is 0.534. The van der Waals surface area contributed by atoms with Crippen LogP contribution in [0, 0.1) is 6.92 Å². The number of Topliss-reactive ketones (excluding diaryl/α,β-unsaturated/α-hetero) is 1. The van der Waals surface area contributed by atoms with Crippen molar-refractivity contribution in [2.24, 2.45) is 0 Å². The molecule has 1 saturated carbocycles. The first-order valence-corrected chi connectivity index (χ1v) is 11.0. The Balaban J connectivity index is 1.59. The Morgan fingerprint density at radius 2 is 1.68 bits per heavy atom. The van der Waals surface area contributed by atoms with E-state index < -0.39 is 23.6 Å². The lowest BCUT2D eigenvalue weighted by Gasteiger charge is -2.18. The van der Waals surface area contributed by atoms with Crippen LogP contribution in [0.3, 0.4) is 0 Å². The van der Waals surface area contributed by atoms with Crippen LogP contribution in [0.4, 0.5) is 0 Å². The van der Waals surface area contributed by atoms with Gasteiger partial charge in [0.05, 0.1) is 16.1 Å². The predicted molar refractivity (Wildman–Crippen MR) is 120 cm³/mol. The van der Waals surface area contributed by atoms with Gasteiger partial charge in [0.15, 0.2) is 0 Å². The van der Waals surface area contributed by atoms with E-state index in [-0.39, 0.29) is 12.5 Å². The monoisotopic (exact) mass is 433 g/mol. The van der Waals surface area contributed by atoms with Gasteiger partial charge in [-0.1, -0.05) is 60.7 Å². The van der Waals surface area contributed by atoms with Gasteiger partial charge in [0.1, 0.15) is 6.04 Å². The van der Waals surface area contributed by atoms with Crippen LogP contribution in [0.5, 0.6) is 0 Å². The van der Waals surface area contributed by atoms with E-state index in [4.69, 9.17) is 0 Å². The molecule has 7 heteroatoms. The van der Waals surface area contributed by atoms with Gasteiger partial charge in [-0.25, -0.2) is 0 Å². The molecule has 158 valence electrons. The van der Waals surface area contributed by atoms with E-state index in [0.29, 0.717) is 11.3 Å². The molecule has 1 aliphatic rings. The molecule has 0 saturated heterocycles. The van der Waals surface area contributed by atoms with Crippen molar-refractivity contribution in [1.82, 2.24) is 15.0 Å². The average molecular weight is 434 g/mol. The third-order valence-corrected chi connectivity index (χ3v) is 6.15. The number of benzene rings is 2. The number of hydrogen-bond acceptors (Lipinski definition) is 5. The summed E-state index contributed by atoms with van der Waals surface area (Å²) in [7, 11) is 0. The molecule has 1 heterocycles. The molecule has 6 nitrogen and oxygen atoms in total. The fourth-order valence-electron chi connectivity index (χ4n) is 3.36. The van der Waals surface area contributed by atoms with Gasteiger partial charge in [0.25, 0.3) is 11.8 Å². The molecule has 0 spiro atoms. The number of nitrogens with zero attached hydrogens (tertiary/aromatic N) is 1. The van der Waals surface area contributed by atoms with Crippen molar-refractivity contribution in [1.29, 1.82) is 0 Å². The van der Waals surface area contributed by atoms with E-state index in [1.807, 2.05) is 60.7 Å². The first-order chi connectivity index (χ1) is 15.0. The normalized spacial score (nSPS) is 14.0. The SMILES string of the molecule is Cc1nsc(-c2ccccc2)c1C(=O)N[C@@H](Cc1ccccc1)C(=O)C(=O)NC1CC1. The molecule has 0 radical (unpaired) electrons. The van der Waals surface area contributed by atoms with Gasteiger partial charge in [0.2, 0.25) is 5.78 Å². The molecule has 31 heavy (non-hydrogen) atoms. The van der Waals surface area contributed by atoms with Gasteiger partial charge in [0, 0.05) is 12.5 Å². The zero-order chi connectivity index (χ0) is 21.8. The van der Waals surface area contributed by atoms with Crippen LogP contribution in [-0.4, -0.2) is 34.1 Å². The van der Waals surface area contributed by atoms with E-state index >= 15 is 0 Å². The predicted octanol–water partition coefficient (Wildman–Crippen LogP) is 3.31. The van der Waals surface area contributed by atoms with Gasteiger partial charge in [-0.05, 0) is 42.4 Å². The maximum Gasteiger partial charge on any atom is 0.289 e. The molecular weight excluding hydrogens is 410 g/mol. The third kappa shape index (κ3) is 5.06. The number of hydrogen-bond donors (Lipinski definition) is 2. The highest BCUT2D eigenvalue weighted by Crippen LogP contribution is 2.30. The summed E-state index contributed by atoms with van der Waals surface area (Å²) in [6.45, 7) is 1.77. The lowest BCUT2D eigenvalue weighted by molar-refractivity contribution is -0.139. The Morgan fingerprint density at radius 3 is 2.32 bits per heavy atom. The summed E-state index contributed by atoms with van der Waals surface area (Å²) >= 11 is 1.24. The molecular formula is C24H23N3O3S. The molecule has 1 aromatic heterocycles. The first kappa shape index (κ1) is 20.9. The minimum absolute atomic E-state index is 0.0672. The number of carbonyl (C=O) groups is 3. The van der Waals surface area contributed by atoms with E-state index in [0.717, 1.165) is 28.8 Å². The topological polar surface area (TPSA) is 88.2 Å². The molecule has 4 rings (SSSR count). The molecule has 2 amide bonds. The van der Waals surface area contributed by atoms with Crippen LogP contribution in [0.25, 0.3) is 10.4 Å². The highest BCUT2D eigenvalue weighted by atomic mass is 32.1. The molecule has 0 bridgehead atoms. The zero-order valence-corrected chi connectivity index (χ0v) is 17.9. The summed E-state index contributed by atoms with van der Waals surface area (Å²) in [4.78, 5) is 39.3. The summed E-state index contributed by atoms with van der Waals surface area (Å²) in [5.74, 6) is -1.68. The summed E-state index contributed by atoms with van der Waals surface area (Å²) in [5.41, 5.74) is 2.78. The van der Waals surface area contributed by atoms with Crippen LogP contribution in [-0.2, 0) is 16.0 Å². The summed E-state index contributed by atoms with van der Waals surface area (Å²) in [6.07, 6.45) is 2.00. The van der Waals surface area contributed by atoms with Crippen LogP contribution in [0.15, 0.2) is 60.7 Å². The number of amides is 2. The van der Waals surface area contributed by atoms with E-state index in [9.17, 15) is 14.4 Å². The van der Waals surface area contributed by atoms with Crippen molar-refractivity contribution in [2.75, 3.05) is 0 Å². The lowest BCUT2D eigenvalue weighted by atomic mass is 10.0. The van der Waals surface area contributed by atoms with Crippen LogP contribution < -0.4 is 10.6 Å². The van der Waals surface area contributed by atoms with Gasteiger partial charge >= 0.3 is 0 Å². The summed E-state index contributed by atoms with van der Waals surface area (Å²) in [6, 6.07) is 18.0. The maximum atomic E-state index is 13.3. The fourth-order valence-corrected chi connectivity index (χ4v) is 4.25. The molecule has 1 aliphatic carbocycles. The Bertz CT molecular complexity index is 1090. The van der Waals surface area contributed by atoms with Crippen LogP contribution in [0.2, 0.25) is 0 Å².